The summed E-state index contributed by atoms with van der Waals surface area (Å²) in [4.78, 5) is 27.0. The number of carbonyl (C=O) groups excluding carboxylic acids is 1. The Labute approximate surface area is 128 Å². The predicted molar refractivity (Wildman–Crippen MR) is 81.5 cm³/mol. The van der Waals surface area contributed by atoms with E-state index >= 15 is 0 Å². The third-order valence-electron chi connectivity index (χ3n) is 3.04. The maximum atomic E-state index is 12.0. The van der Waals surface area contributed by atoms with Crippen LogP contribution >= 0.6 is 0 Å². The first kappa shape index (κ1) is 16.0. The fraction of sp³-hybridized carbons (Fsp3) is 0.438. The van der Waals surface area contributed by atoms with E-state index in [0.717, 1.165) is 10.9 Å². The summed E-state index contributed by atoms with van der Waals surface area (Å²) in [6.07, 6.45) is 3.87. The van der Waals surface area contributed by atoms with Crippen molar-refractivity contribution in [3.63, 3.8) is 0 Å². The molecule has 22 heavy (non-hydrogen) atoms. The van der Waals surface area contributed by atoms with Crippen LogP contribution in [0.15, 0.2) is 24.5 Å². The van der Waals surface area contributed by atoms with Gasteiger partial charge in [0.2, 0.25) is 0 Å². The molecule has 0 unspecified atom stereocenters. The molecule has 2 aromatic heterocycles. The first-order valence-corrected chi connectivity index (χ1v) is 7.12. The summed E-state index contributed by atoms with van der Waals surface area (Å²) >= 11 is 0. The van der Waals surface area contributed by atoms with Crippen LogP contribution in [0.25, 0.3) is 11.0 Å². The number of hydrogen-bond donors (Lipinski definition) is 1. The largest absolute Gasteiger partial charge is 0.481 e. The molecule has 2 aromatic rings. The SMILES string of the molecule is CC(C)(C)OC(=O)Cn1cc(CCC(=O)O)c2cccnc21. The highest BCUT2D eigenvalue weighted by atomic mass is 16.6. The van der Waals surface area contributed by atoms with Crippen molar-refractivity contribution in [2.45, 2.75) is 45.8 Å². The number of rotatable bonds is 5. The second-order valence-electron chi connectivity index (χ2n) is 6.14. The Hall–Kier alpha value is -2.37. The van der Waals surface area contributed by atoms with E-state index in [1.807, 2.05) is 26.8 Å². The smallest absolute Gasteiger partial charge is 0.326 e. The van der Waals surface area contributed by atoms with Crippen LogP contribution in [-0.4, -0.2) is 32.2 Å². The van der Waals surface area contributed by atoms with Gasteiger partial charge in [-0.05, 0) is 44.9 Å². The number of carbonyl (C=O) groups is 2. The molecule has 118 valence electrons. The fourth-order valence-electron chi connectivity index (χ4n) is 2.27. The van der Waals surface area contributed by atoms with E-state index in [-0.39, 0.29) is 18.9 Å². The van der Waals surface area contributed by atoms with Crippen LogP contribution in [0, 0.1) is 0 Å². The molecule has 1 N–H and O–H groups in total. The number of pyridine rings is 1. The third kappa shape index (κ3) is 4.07. The molecule has 0 saturated carbocycles. The van der Waals surface area contributed by atoms with Gasteiger partial charge in [0, 0.05) is 24.2 Å². The van der Waals surface area contributed by atoms with Crippen LogP contribution in [0.5, 0.6) is 0 Å². The third-order valence-corrected chi connectivity index (χ3v) is 3.04. The molecule has 0 atom stereocenters. The van der Waals surface area contributed by atoms with E-state index < -0.39 is 11.6 Å². The molecular weight excluding hydrogens is 284 g/mol. The number of nitrogens with zero attached hydrogens (tertiary/aromatic N) is 2. The summed E-state index contributed by atoms with van der Waals surface area (Å²) in [6, 6.07) is 3.68. The Balaban J connectivity index is 2.26. The minimum atomic E-state index is -0.850. The Morgan fingerprint density at radius 3 is 2.73 bits per heavy atom. The molecule has 0 aliphatic carbocycles. The highest BCUT2D eigenvalue weighted by Crippen LogP contribution is 2.21. The average molecular weight is 304 g/mol. The van der Waals surface area contributed by atoms with Gasteiger partial charge in [-0.1, -0.05) is 0 Å². The Morgan fingerprint density at radius 2 is 2.09 bits per heavy atom. The highest BCUT2D eigenvalue weighted by Gasteiger charge is 2.18. The Bertz CT molecular complexity index is 698. The molecule has 0 aromatic carbocycles. The van der Waals surface area contributed by atoms with E-state index in [1.54, 1.807) is 23.0 Å². The van der Waals surface area contributed by atoms with Crippen molar-refractivity contribution in [3.05, 3.63) is 30.1 Å². The van der Waals surface area contributed by atoms with E-state index in [0.29, 0.717) is 12.1 Å². The van der Waals surface area contributed by atoms with Crippen molar-refractivity contribution in [2.75, 3.05) is 0 Å². The van der Waals surface area contributed by atoms with Gasteiger partial charge in [-0.2, -0.15) is 0 Å². The quantitative estimate of drug-likeness (QED) is 0.858. The molecule has 6 nitrogen and oxygen atoms in total. The summed E-state index contributed by atoms with van der Waals surface area (Å²) in [5, 5.41) is 9.70. The van der Waals surface area contributed by atoms with E-state index in [1.165, 1.54) is 0 Å². The van der Waals surface area contributed by atoms with Crippen molar-refractivity contribution in [1.29, 1.82) is 0 Å². The number of fused-ring (bicyclic) bond motifs is 1. The van der Waals surface area contributed by atoms with Gasteiger partial charge in [-0.3, -0.25) is 9.59 Å². The summed E-state index contributed by atoms with van der Waals surface area (Å²) < 4.78 is 7.03. The number of aliphatic carboxylic acids is 1. The molecule has 0 saturated heterocycles. The minimum Gasteiger partial charge on any atom is -0.481 e. The van der Waals surface area contributed by atoms with Crippen LogP contribution in [0.4, 0.5) is 0 Å². The van der Waals surface area contributed by atoms with Crippen LogP contribution in [0.2, 0.25) is 0 Å². The second-order valence-corrected chi connectivity index (χ2v) is 6.14. The van der Waals surface area contributed by atoms with Gasteiger partial charge in [0.15, 0.2) is 0 Å². The lowest BCUT2D eigenvalue weighted by Gasteiger charge is -2.19. The average Bonchev–Trinajstić information content (AvgIpc) is 2.73. The lowest BCUT2D eigenvalue weighted by Crippen LogP contribution is -2.26. The van der Waals surface area contributed by atoms with Crippen LogP contribution in [0.1, 0.15) is 32.8 Å². The van der Waals surface area contributed by atoms with Gasteiger partial charge in [-0.15, -0.1) is 0 Å². The normalized spacial score (nSPS) is 11.6. The second kappa shape index (κ2) is 6.17. The summed E-state index contributed by atoms with van der Waals surface area (Å²) in [5.74, 6) is -1.20. The lowest BCUT2D eigenvalue weighted by atomic mass is 10.1. The van der Waals surface area contributed by atoms with Crippen molar-refractivity contribution in [3.8, 4) is 0 Å². The molecule has 0 spiro atoms. The molecule has 0 aliphatic rings. The molecule has 0 amide bonds. The van der Waals surface area contributed by atoms with Crippen molar-refractivity contribution >= 4 is 23.0 Å². The highest BCUT2D eigenvalue weighted by molar-refractivity contribution is 5.82. The maximum Gasteiger partial charge on any atom is 0.326 e. The molecule has 2 rings (SSSR count). The zero-order chi connectivity index (χ0) is 16.3. The van der Waals surface area contributed by atoms with E-state index in [9.17, 15) is 9.59 Å². The van der Waals surface area contributed by atoms with Gasteiger partial charge in [-0.25, -0.2) is 4.98 Å². The van der Waals surface area contributed by atoms with Gasteiger partial charge in [0.25, 0.3) is 0 Å². The summed E-state index contributed by atoms with van der Waals surface area (Å²) in [7, 11) is 0. The monoisotopic (exact) mass is 304 g/mol. The van der Waals surface area contributed by atoms with Crippen molar-refractivity contribution in [2.24, 2.45) is 0 Å². The number of carboxylic acid groups (broad SMARTS) is 1. The zero-order valence-corrected chi connectivity index (χ0v) is 13.0. The standard InChI is InChI=1S/C16H20N2O4/c1-16(2,3)22-14(21)10-18-9-11(6-7-13(19)20)12-5-4-8-17-15(12)18/h4-5,8-9H,6-7,10H2,1-3H3,(H,19,20). The molecular formula is C16H20N2O4. The van der Waals surface area contributed by atoms with Crippen LogP contribution in [0.3, 0.4) is 0 Å². The molecule has 0 radical (unpaired) electrons. The van der Waals surface area contributed by atoms with Gasteiger partial charge in [0.1, 0.15) is 17.8 Å². The number of hydrogen-bond acceptors (Lipinski definition) is 4. The molecule has 6 heteroatoms. The number of ether oxygens (including phenoxy) is 1. The van der Waals surface area contributed by atoms with Crippen LogP contribution in [-0.2, 0) is 27.3 Å². The topological polar surface area (TPSA) is 81.4 Å². The Kier molecular flexibility index (Phi) is 4.49. The number of aryl methyl sites for hydroxylation is 1. The Morgan fingerprint density at radius 1 is 1.36 bits per heavy atom. The van der Waals surface area contributed by atoms with Crippen LogP contribution < -0.4 is 0 Å². The molecule has 2 heterocycles. The fourth-order valence-corrected chi connectivity index (χ4v) is 2.27. The van der Waals surface area contributed by atoms with E-state index in [2.05, 4.69) is 4.98 Å². The predicted octanol–water partition coefficient (Wildman–Crippen LogP) is 2.40. The summed E-state index contributed by atoms with van der Waals surface area (Å²) in [5.41, 5.74) is 0.988. The maximum absolute atomic E-state index is 12.0. The minimum absolute atomic E-state index is 0.0421. The van der Waals surface area contributed by atoms with Crippen molar-refractivity contribution in [1.82, 2.24) is 9.55 Å². The van der Waals surface area contributed by atoms with E-state index in [4.69, 9.17) is 9.84 Å². The molecule has 0 aliphatic heterocycles. The molecule has 0 bridgehead atoms. The lowest BCUT2D eigenvalue weighted by molar-refractivity contribution is -0.155. The molecule has 0 fully saturated rings. The van der Waals surface area contributed by atoms with Gasteiger partial charge in [0.05, 0.1) is 0 Å². The number of esters is 1. The number of aromatic nitrogens is 2. The zero-order valence-electron chi connectivity index (χ0n) is 13.0. The first-order valence-electron chi connectivity index (χ1n) is 7.12. The van der Waals surface area contributed by atoms with Gasteiger partial charge < -0.3 is 14.4 Å². The first-order chi connectivity index (χ1) is 10.3. The van der Waals surface area contributed by atoms with Crippen molar-refractivity contribution < 1.29 is 19.4 Å². The summed E-state index contributed by atoms with van der Waals surface area (Å²) in [6.45, 7) is 5.50. The number of carboxylic acids is 1. The van der Waals surface area contributed by atoms with Gasteiger partial charge >= 0.3 is 11.9 Å².